The van der Waals surface area contributed by atoms with Crippen molar-refractivity contribution < 1.29 is 17.6 Å². The number of benzene rings is 3. The topological polar surface area (TPSA) is 66.5 Å². The summed E-state index contributed by atoms with van der Waals surface area (Å²) in [4.78, 5) is 12.6. The number of aryl methyl sites for hydroxylation is 1. The lowest BCUT2D eigenvalue weighted by Crippen LogP contribution is -2.26. The summed E-state index contributed by atoms with van der Waals surface area (Å²) in [5, 5.41) is 2.59. The second kappa shape index (κ2) is 7.82. The lowest BCUT2D eigenvalue weighted by molar-refractivity contribution is 0.102. The molecule has 5 nitrogen and oxygen atoms in total. The Labute approximate surface area is 163 Å². The molecule has 7 heteroatoms. The van der Waals surface area contributed by atoms with E-state index in [1.165, 1.54) is 31.3 Å². The molecule has 3 aromatic rings. The van der Waals surface area contributed by atoms with Gasteiger partial charge in [-0.15, -0.1) is 0 Å². The highest BCUT2D eigenvalue weighted by Crippen LogP contribution is 2.23. The Kier molecular flexibility index (Phi) is 5.46. The van der Waals surface area contributed by atoms with E-state index in [0.29, 0.717) is 11.4 Å². The predicted molar refractivity (Wildman–Crippen MR) is 108 cm³/mol. The Bertz CT molecular complexity index is 1110. The molecule has 0 aliphatic carbocycles. The van der Waals surface area contributed by atoms with Crippen LogP contribution in [0, 0.1) is 12.7 Å². The van der Waals surface area contributed by atoms with Crippen molar-refractivity contribution >= 4 is 27.3 Å². The van der Waals surface area contributed by atoms with Gasteiger partial charge in [0.2, 0.25) is 0 Å². The number of rotatable bonds is 5. The number of halogens is 1. The van der Waals surface area contributed by atoms with Crippen LogP contribution in [-0.4, -0.2) is 21.4 Å². The summed E-state index contributed by atoms with van der Waals surface area (Å²) in [7, 11) is -2.33. The fourth-order valence-corrected chi connectivity index (χ4v) is 3.81. The highest BCUT2D eigenvalue weighted by molar-refractivity contribution is 7.92. The van der Waals surface area contributed by atoms with E-state index in [0.717, 1.165) is 9.87 Å². The zero-order valence-electron chi connectivity index (χ0n) is 15.4. The maximum absolute atomic E-state index is 13.3. The molecule has 0 saturated carbocycles. The quantitative estimate of drug-likeness (QED) is 0.700. The van der Waals surface area contributed by atoms with Gasteiger partial charge in [0.25, 0.3) is 15.9 Å². The summed E-state index contributed by atoms with van der Waals surface area (Å²) in [6, 6.07) is 18.3. The van der Waals surface area contributed by atoms with Crippen LogP contribution in [0.4, 0.5) is 15.8 Å². The number of amides is 1. The number of carbonyl (C=O) groups is 1. The molecule has 3 aromatic carbocycles. The van der Waals surface area contributed by atoms with Crippen LogP contribution in [0.1, 0.15) is 15.9 Å². The molecule has 144 valence electrons. The van der Waals surface area contributed by atoms with Crippen LogP contribution in [0.25, 0.3) is 0 Å². The number of nitrogens with one attached hydrogen (secondary N) is 1. The first-order valence-electron chi connectivity index (χ1n) is 8.50. The van der Waals surface area contributed by atoms with E-state index in [-0.39, 0.29) is 10.5 Å². The minimum absolute atomic E-state index is 0.162. The summed E-state index contributed by atoms with van der Waals surface area (Å²) in [6.45, 7) is 1.88. The predicted octanol–water partition coefficient (Wildman–Crippen LogP) is 4.21. The Hall–Kier alpha value is -3.19. The molecule has 0 aliphatic heterocycles. The van der Waals surface area contributed by atoms with Gasteiger partial charge in [0, 0.05) is 18.3 Å². The first kappa shape index (κ1) is 19.6. The largest absolute Gasteiger partial charge is 0.322 e. The van der Waals surface area contributed by atoms with Gasteiger partial charge in [-0.2, -0.15) is 0 Å². The minimum atomic E-state index is -3.76. The molecule has 0 spiro atoms. The smallest absolute Gasteiger partial charge is 0.264 e. The van der Waals surface area contributed by atoms with Gasteiger partial charge in [-0.25, -0.2) is 12.8 Å². The van der Waals surface area contributed by atoms with Gasteiger partial charge in [0.1, 0.15) is 5.82 Å². The second-order valence-corrected chi connectivity index (χ2v) is 8.27. The fraction of sp³-hybridized carbons (Fsp3) is 0.0952. The third-order valence-electron chi connectivity index (χ3n) is 4.23. The van der Waals surface area contributed by atoms with Crippen molar-refractivity contribution in [1.29, 1.82) is 0 Å². The van der Waals surface area contributed by atoms with E-state index >= 15 is 0 Å². The van der Waals surface area contributed by atoms with Crippen molar-refractivity contribution in [3.8, 4) is 0 Å². The molecule has 3 rings (SSSR count). The third kappa shape index (κ3) is 4.20. The van der Waals surface area contributed by atoms with Crippen LogP contribution in [0.15, 0.2) is 77.7 Å². The Balaban J connectivity index is 1.85. The highest BCUT2D eigenvalue weighted by Gasteiger charge is 2.22. The van der Waals surface area contributed by atoms with E-state index in [1.807, 2.05) is 6.92 Å². The standard InChI is InChI=1S/C21H19FN2O3S/c1-15-9-11-20(12-10-15)28(26,27)24(2)19-8-3-5-16(13-19)21(25)23-18-7-4-6-17(22)14-18/h3-14H,1-2H3,(H,23,25). The van der Waals surface area contributed by atoms with Gasteiger partial charge < -0.3 is 5.32 Å². The lowest BCUT2D eigenvalue weighted by Gasteiger charge is -2.20. The molecule has 0 atom stereocenters. The average Bonchev–Trinajstić information content (AvgIpc) is 2.68. The van der Waals surface area contributed by atoms with Crippen LogP contribution in [0.5, 0.6) is 0 Å². The molecule has 0 aliphatic rings. The zero-order valence-corrected chi connectivity index (χ0v) is 16.2. The number of carbonyl (C=O) groups excluding carboxylic acids is 1. The van der Waals surface area contributed by atoms with Gasteiger partial charge in [0.15, 0.2) is 0 Å². The second-order valence-electron chi connectivity index (χ2n) is 6.30. The van der Waals surface area contributed by atoms with Crippen molar-refractivity contribution in [2.45, 2.75) is 11.8 Å². The first-order valence-corrected chi connectivity index (χ1v) is 9.94. The van der Waals surface area contributed by atoms with Crippen molar-refractivity contribution in [3.05, 3.63) is 89.7 Å². The lowest BCUT2D eigenvalue weighted by atomic mass is 10.2. The molecule has 0 saturated heterocycles. The summed E-state index contributed by atoms with van der Waals surface area (Å²) in [5.74, 6) is -0.927. The van der Waals surface area contributed by atoms with Gasteiger partial charge in [-0.1, -0.05) is 29.8 Å². The molecule has 28 heavy (non-hydrogen) atoms. The fourth-order valence-electron chi connectivity index (χ4n) is 2.62. The van der Waals surface area contributed by atoms with Crippen LogP contribution in [-0.2, 0) is 10.0 Å². The van der Waals surface area contributed by atoms with Crippen molar-refractivity contribution in [2.24, 2.45) is 0 Å². The molecule has 0 unspecified atom stereocenters. The zero-order chi connectivity index (χ0) is 20.3. The van der Waals surface area contributed by atoms with Gasteiger partial charge in [0.05, 0.1) is 10.6 Å². The number of hydrogen-bond donors (Lipinski definition) is 1. The minimum Gasteiger partial charge on any atom is -0.322 e. The molecular formula is C21H19FN2O3S. The normalized spacial score (nSPS) is 11.1. The number of anilines is 2. The van der Waals surface area contributed by atoms with E-state index in [2.05, 4.69) is 5.32 Å². The number of nitrogens with zero attached hydrogens (tertiary/aromatic N) is 1. The molecule has 0 aromatic heterocycles. The summed E-state index contributed by atoms with van der Waals surface area (Å²) in [6.07, 6.45) is 0. The Morgan fingerprint density at radius 2 is 1.64 bits per heavy atom. The first-order chi connectivity index (χ1) is 13.3. The molecule has 0 heterocycles. The van der Waals surface area contributed by atoms with E-state index in [4.69, 9.17) is 0 Å². The van der Waals surface area contributed by atoms with Crippen LogP contribution >= 0.6 is 0 Å². The number of hydrogen-bond acceptors (Lipinski definition) is 3. The van der Waals surface area contributed by atoms with Gasteiger partial charge in [-0.05, 0) is 55.5 Å². The van der Waals surface area contributed by atoms with Crippen LogP contribution < -0.4 is 9.62 Å². The molecule has 0 radical (unpaired) electrons. The third-order valence-corrected chi connectivity index (χ3v) is 6.03. The molecule has 1 amide bonds. The summed E-state index contributed by atoms with van der Waals surface area (Å²) >= 11 is 0. The average molecular weight is 398 g/mol. The molecule has 0 bridgehead atoms. The number of sulfonamides is 1. The maximum Gasteiger partial charge on any atom is 0.264 e. The van der Waals surface area contributed by atoms with Crippen molar-refractivity contribution in [2.75, 3.05) is 16.7 Å². The maximum atomic E-state index is 13.3. The highest BCUT2D eigenvalue weighted by atomic mass is 32.2. The van der Waals surface area contributed by atoms with Crippen LogP contribution in [0.3, 0.4) is 0 Å². The Morgan fingerprint density at radius 3 is 2.32 bits per heavy atom. The van der Waals surface area contributed by atoms with E-state index < -0.39 is 21.7 Å². The SMILES string of the molecule is Cc1ccc(S(=O)(=O)N(C)c2cccc(C(=O)Nc3cccc(F)c3)c2)cc1. The molecular weight excluding hydrogens is 379 g/mol. The van der Waals surface area contributed by atoms with E-state index in [1.54, 1.807) is 48.5 Å². The van der Waals surface area contributed by atoms with Crippen molar-refractivity contribution in [1.82, 2.24) is 0 Å². The van der Waals surface area contributed by atoms with Gasteiger partial charge in [-0.3, -0.25) is 9.10 Å². The summed E-state index contributed by atoms with van der Waals surface area (Å²) in [5.41, 5.74) is 1.87. The van der Waals surface area contributed by atoms with Crippen LogP contribution in [0.2, 0.25) is 0 Å². The molecule has 0 fully saturated rings. The van der Waals surface area contributed by atoms with Crippen molar-refractivity contribution in [3.63, 3.8) is 0 Å². The van der Waals surface area contributed by atoms with E-state index in [9.17, 15) is 17.6 Å². The summed E-state index contributed by atoms with van der Waals surface area (Å²) < 4.78 is 40.1. The van der Waals surface area contributed by atoms with Gasteiger partial charge >= 0.3 is 0 Å². The Morgan fingerprint density at radius 1 is 0.964 bits per heavy atom. The molecule has 1 N–H and O–H groups in total. The monoisotopic (exact) mass is 398 g/mol.